The van der Waals surface area contributed by atoms with Crippen LogP contribution in [-0.2, 0) is 22.6 Å². The lowest BCUT2D eigenvalue weighted by Gasteiger charge is -2.32. The fraction of sp³-hybridized carbons (Fsp3) is 0.556. The molecule has 2 aromatic rings. The molecule has 5 rings (SSSR count). The normalized spacial score (nSPS) is 19.9. The summed E-state index contributed by atoms with van der Waals surface area (Å²) in [6.45, 7) is 9.02. The summed E-state index contributed by atoms with van der Waals surface area (Å²) in [4.78, 5) is 35.7. The van der Waals surface area contributed by atoms with E-state index in [2.05, 4.69) is 34.3 Å². The molecule has 11 nitrogen and oxygen atoms in total. The highest BCUT2D eigenvalue weighted by Crippen LogP contribution is 2.35. The Labute approximate surface area is 235 Å². The molecule has 41 heavy (non-hydrogen) atoms. The van der Waals surface area contributed by atoms with Crippen LogP contribution in [0.5, 0.6) is 0 Å². The highest BCUT2D eigenvalue weighted by Gasteiger charge is 2.38. The van der Waals surface area contributed by atoms with Crippen molar-refractivity contribution in [1.29, 1.82) is 0 Å². The number of morpholine rings is 1. The molecule has 3 aliphatic rings. The zero-order valence-corrected chi connectivity index (χ0v) is 22.9. The number of nitrogens with zero attached hydrogens (tertiary/aromatic N) is 4. The van der Waals surface area contributed by atoms with E-state index < -0.39 is 12.1 Å². The van der Waals surface area contributed by atoms with E-state index in [0.29, 0.717) is 11.6 Å². The number of carbonyl (C=O) groups excluding carboxylic acids is 1. The SMILES string of the molecule is CC(C)CN1Cc2nc(N3CC4CCC(C3)O4)nc(-c3ccc(NC(=O)NCCO)cc3)c2C1.O=C(O)C(F)(F)F. The van der Waals surface area contributed by atoms with Crippen molar-refractivity contribution in [3.8, 4) is 11.3 Å². The fourth-order valence-electron chi connectivity index (χ4n) is 5.17. The van der Waals surface area contributed by atoms with Crippen LogP contribution < -0.4 is 15.5 Å². The number of nitrogens with one attached hydrogen (secondary N) is 2. The van der Waals surface area contributed by atoms with E-state index in [1.807, 2.05) is 24.3 Å². The van der Waals surface area contributed by atoms with Crippen molar-refractivity contribution in [2.24, 2.45) is 5.92 Å². The predicted octanol–water partition coefficient (Wildman–Crippen LogP) is 3.23. The van der Waals surface area contributed by atoms with Crippen molar-refractivity contribution >= 4 is 23.6 Å². The zero-order valence-electron chi connectivity index (χ0n) is 22.9. The number of rotatable bonds is 7. The van der Waals surface area contributed by atoms with Crippen molar-refractivity contribution in [3.05, 3.63) is 35.5 Å². The van der Waals surface area contributed by atoms with E-state index in [-0.39, 0.29) is 31.4 Å². The van der Waals surface area contributed by atoms with Gasteiger partial charge < -0.3 is 30.5 Å². The first-order valence-corrected chi connectivity index (χ1v) is 13.5. The maximum Gasteiger partial charge on any atom is 0.490 e. The minimum absolute atomic E-state index is 0.0913. The number of fused-ring (bicyclic) bond motifs is 3. The van der Waals surface area contributed by atoms with Crippen LogP contribution in [0.2, 0.25) is 0 Å². The Morgan fingerprint density at radius 1 is 1.10 bits per heavy atom. The van der Waals surface area contributed by atoms with Crippen molar-refractivity contribution < 1.29 is 37.7 Å². The fourth-order valence-corrected chi connectivity index (χ4v) is 5.17. The van der Waals surface area contributed by atoms with Crippen LogP contribution in [0.4, 0.5) is 29.6 Å². The largest absolute Gasteiger partial charge is 0.490 e. The van der Waals surface area contributed by atoms with Gasteiger partial charge in [-0.15, -0.1) is 0 Å². The van der Waals surface area contributed by atoms with Crippen LogP contribution in [0.15, 0.2) is 24.3 Å². The van der Waals surface area contributed by atoms with Crippen molar-refractivity contribution in [3.63, 3.8) is 0 Å². The number of hydrogen-bond donors (Lipinski definition) is 4. The number of ether oxygens (including phenoxy) is 1. The van der Waals surface area contributed by atoms with Gasteiger partial charge in [-0.25, -0.2) is 19.6 Å². The van der Waals surface area contributed by atoms with Gasteiger partial charge >= 0.3 is 18.2 Å². The molecule has 2 unspecified atom stereocenters. The summed E-state index contributed by atoms with van der Waals surface area (Å²) >= 11 is 0. The van der Waals surface area contributed by atoms with E-state index in [9.17, 15) is 18.0 Å². The van der Waals surface area contributed by atoms with Gasteiger partial charge in [-0.2, -0.15) is 13.2 Å². The number of aliphatic hydroxyl groups is 1. The predicted molar refractivity (Wildman–Crippen MR) is 144 cm³/mol. The Kier molecular flexibility index (Phi) is 9.66. The lowest BCUT2D eigenvalue weighted by molar-refractivity contribution is -0.192. The summed E-state index contributed by atoms with van der Waals surface area (Å²) in [7, 11) is 0. The molecule has 2 saturated heterocycles. The second-order valence-electron chi connectivity index (χ2n) is 10.7. The molecular formula is C27H35F3N6O5. The van der Waals surface area contributed by atoms with E-state index in [1.54, 1.807) is 0 Å². The number of urea groups is 1. The Hall–Kier alpha value is -3.49. The number of alkyl halides is 3. The van der Waals surface area contributed by atoms with Gasteiger partial charge in [0, 0.05) is 56.1 Å². The summed E-state index contributed by atoms with van der Waals surface area (Å²) in [5, 5.41) is 21.4. The van der Waals surface area contributed by atoms with Gasteiger partial charge in [0.2, 0.25) is 5.95 Å². The molecule has 224 valence electrons. The molecule has 4 N–H and O–H groups in total. The molecule has 2 amide bonds. The third kappa shape index (κ3) is 8.05. The minimum atomic E-state index is -5.08. The van der Waals surface area contributed by atoms with Gasteiger partial charge in [-0.1, -0.05) is 26.0 Å². The van der Waals surface area contributed by atoms with Crippen LogP contribution in [0.3, 0.4) is 0 Å². The Bertz CT molecular complexity index is 1220. The Balaban J connectivity index is 0.000000493. The maximum atomic E-state index is 11.9. The topological polar surface area (TPSA) is 140 Å². The molecule has 2 fully saturated rings. The molecule has 0 spiro atoms. The summed E-state index contributed by atoms with van der Waals surface area (Å²) in [6, 6.07) is 7.44. The maximum absolute atomic E-state index is 11.9. The molecule has 1 aromatic heterocycles. The second-order valence-corrected chi connectivity index (χ2v) is 10.7. The number of benzene rings is 1. The van der Waals surface area contributed by atoms with Crippen molar-refractivity contribution in [2.75, 3.05) is 43.0 Å². The standard InChI is InChI=1S/C25H34N6O3.C2HF3O2/c1-16(2)11-30-14-21-22(15-30)28-24(31-12-19-7-8-20(13-31)34-19)29-23(21)17-3-5-18(6-4-17)27-25(33)26-9-10-32;3-2(4,5)1(6)7/h3-6,16,19-20,32H,7-15H2,1-2H3,(H2,26,27,33);(H,6,7). The summed E-state index contributed by atoms with van der Waals surface area (Å²) in [5.74, 6) is -1.37. The molecule has 0 saturated carbocycles. The third-order valence-corrected chi connectivity index (χ3v) is 6.84. The third-order valence-electron chi connectivity index (χ3n) is 6.84. The number of amides is 2. The average molecular weight is 581 g/mol. The minimum Gasteiger partial charge on any atom is -0.475 e. The average Bonchev–Trinajstić information content (AvgIpc) is 3.47. The smallest absolute Gasteiger partial charge is 0.475 e. The van der Waals surface area contributed by atoms with Gasteiger partial charge in [0.15, 0.2) is 0 Å². The molecule has 14 heteroatoms. The monoisotopic (exact) mass is 580 g/mol. The molecular weight excluding hydrogens is 545 g/mol. The number of carbonyl (C=O) groups is 2. The first-order chi connectivity index (χ1) is 19.4. The molecule has 1 aromatic carbocycles. The lowest BCUT2D eigenvalue weighted by Crippen LogP contribution is -2.43. The van der Waals surface area contributed by atoms with Crippen LogP contribution >= 0.6 is 0 Å². The number of carboxylic acids is 1. The first kappa shape index (κ1) is 30.5. The number of carboxylic acid groups (broad SMARTS) is 1. The molecule has 0 radical (unpaired) electrons. The van der Waals surface area contributed by atoms with Gasteiger partial charge in [0.1, 0.15) is 0 Å². The quantitative estimate of drug-likeness (QED) is 0.389. The van der Waals surface area contributed by atoms with Crippen molar-refractivity contribution in [1.82, 2.24) is 20.2 Å². The van der Waals surface area contributed by atoms with Gasteiger partial charge in [-0.05, 0) is 30.9 Å². The summed E-state index contributed by atoms with van der Waals surface area (Å²) in [5.41, 5.74) is 4.99. The molecule has 0 aliphatic carbocycles. The summed E-state index contributed by atoms with van der Waals surface area (Å²) < 4.78 is 37.8. The van der Waals surface area contributed by atoms with E-state index in [0.717, 1.165) is 68.5 Å². The van der Waals surface area contributed by atoms with E-state index in [4.69, 9.17) is 29.7 Å². The zero-order chi connectivity index (χ0) is 29.7. The Morgan fingerprint density at radius 3 is 2.29 bits per heavy atom. The second kappa shape index (κ2) is 13.0. The van der Waals surface area contributed by atoms with Crippen LogP contribution in [0.25, 0.3) is 11.3 Å². The van der Waals surface area contributed by atoms with Crippen LogP contribution in [0, 0.1) is 5.92 Å². The molecule has 2 atom stereocenters. The van der Waals surface area contributed by atoms with Crippen LogP contribution in [0.1, 0.15) is 37.9 Å². The van der Waals surface area contributed by atoms with Gasteiger partial charge in [0.05, 0.1) is 30.2 Å². The number of hydrogen-bond acceptors (Lipinski definition) is 8. The number of halogens is 3. The van der Waals surface area contributed by atoms with Crippen molar-refractivity contribution in [2.45, 2.75) is 58.2 Å². The number of anilines is 2. The highest BCUT2D eigenvalue weighted by atomic mass is 19.4. The number of aliphatic hydroxyl groups excluding tert-OH is 1. The Morgan fingerprint density at radius 2 is 1.73 bits per heavy atom. The lowest BCUT2D eigenvalue weighted by atomic mass is 10.1. The highest BCUT2D eigenvalue weighted by molar-refractivity contribution is 5.89. The van der Waals surface area contributed by atoms with Gasteiger partial charge in [0.25, 0.3) is 0 Å². The molecule has 4 heterocycles. The van der Waals surface area contributed by atoms with E-state index in [1.165, 1.54) is 5.56 Å². The first-order valence-electron chi connectivity index (χ1n) is 13.5. The summed E-state index contributed by atoms with van der Waals surface area (Å²) in [6.07, 6.45) is -2.30. The molecule has 2 bridgehead atoms. The number of aromatic nitrogens is 2. The molecule has 3 aliphatic heterocycles. The van der Waals surface area contributed by atoms with E-state index >= 15 is 0 Å². The van der Waals surface area contributed by atoms with Crippen LogP contribution in [-0.4, -0.2) is 88.3 Å². The number of aliphatic carboxylic acids is 1. The van der Waals surface area contributed by atoms with Gasteiger partial charge in [-0.3, -0.25) is 4.90 Å².